The van der Waals surface area contributed by atoms with Crippen LogP contribution in [0.5, 0.6) is 0 Å². The van der Waals surface area contributed by atoms with Crippen LogP contribution in [-0.4, -0.2) is 18.5 Å². The molecule has 8 heteroatoms. The topological polar surface area (TPSA) is 83.4 Å². The van der Waals surface area contributed by atoms with Crippen LogP contribution in [0, 0.1) is 0 Å². The van der Waals surface area contributed by atoms with Crippen molar-refractivity contribution in [2.75, 3.05) is 6.54 Å². The molecule has 6 nitrogen and oxygen atoms in total. The number of imide groups is 1. The second-order valence-electron chi connectivity index (χ2n) is 5.08. The number of hydrogen-bond donors (Lipinski definition) is 3. The highest BCUT2D eigenvalue weighted by molar-refractivity contribution is 6.35. The fraction of sp³-hybridized carbons (Fsp3) is 0.250. The molecule has 0 saturated carbocycles. The molecule has 0 radical (unpaired) electrons. The van der Waals surface area contributed by atoms with Crippen molar-refractivity contribution in [2.24, 2.45) is 0 Å². The Balaban J connectivity index is 1.74. The molecule has 1 atom stereocenters. The molecule has 0 spiro atoms. The second-order valence-corrected chi connectivity index (χ2v) is 5.92. The van der Waals surface area contributed by atoms with E-state index in [9.17, 15) is 9.59 Å². The van der Waals surface area contributed by atoms with Crippen LogP contribution in [0.1, 0.15) is 24.3 Å². The van der Waals surface area contributed by atoms with Gasteiger partial charge < -0.3 is 15.1 Å². The zero-order valence-electron chi connectivity index (χ0n) is 12.9. The fourth-order valence-corrected chi connectivity index (χ4v) is 2.58. The van der Waals surface area contributed by atoms with Gasteiger partial charge in [0.25, 0.3) is 0 Å². The molecular formula is C16H17Cl2N3O3. The van der Waals surface area contributed by atoms with E-state index >= 15 is 0 Å². The van der Waals surface area contributed by atoms with Gasteiger partial charge in [-0.05, 0) is 36.8 Å². The minimum Gasteiger partial charge on any atom is -0.467 e. The van der Waals surface area contributed by atoms with E-state index < -0.39 is 11.9 Å². The first-order valence-corrected chi connectivity index (χ1v) is 7.99. The predicted octanol–water partition coefficient (Wildman–Crippen LogP) is 3.26. The molecule has 2 rings (SSSR count). The number of benzene rings is 1. The van der Waals surface area contributed by atoms with Gasteiger partial charge in [-0.2, -0.15) is 0 Å². The van der Waals surface area contributed by atoms with Gasteiger partial charge in [0.15, 0.2) is 0 Å². The average Bonchev–Trinajstić information content (AvgIpc) is 3.04. The first kappa shape index (κ1) is 18.3. The SMILES string of the molecule is C[C@H](NCC(=O)NC(=O)NCc1ccco1)c1ccc(Cl)cc1Cl. The molecule has 0 fully saturated rings. The van der Waals surface area contributed by atoms with Gasteiger partial charge in [0.1, 0.15) is 5.76 Å². The maximum Gasteiger partial charge on any atom is 0.321 e. The summed E-state index contributed by atoms with van der Waals surface area (Å²) in [6, 6.07) is 7.83. The molecule has 1 aromatic carbocycles. The van der Waals surface area contributed by atoms with Crippen LogP contribution in [-0.2, 0) is 11.3 Å². The molecule has 1 aromatic heterocycles. The van der Waals surface area contributed by atoms with Crippen LogP contribution >= 0.6 is 23.2 Å². The van der Waals surface area contributed by atoms with Crippen molar-refractivity contribution in [3.63, 3.8) is 0 Å². The maximum atomic E-state index is 11.8. The summed E-state index contributed by atoms with van der Waals surface area (Å²) in [4.78, 5) is 23.4. The van der Waals surface area contributed by atoms with E-state index in [0.29, 0.717) is 15.8 Å². The van der Waals surface area contributed by atoms with E-state index in [-0.39, 0.29) is 19.1 Å². The van der Waals surface area contributed by atoms with Crippen LogP contribution in [0.3, 0.4) is 0 Å². The van der Waals surface area contributed by atoms with E-state index in [0.717, 1.165) is 5.56 Å². The molecule has 0 aliphatic heterocycles. The number of furan rings is 1. The summed E-state index contributed by atoms with van der Waals surface area (Å²) < 4.78 is 5.07. The number of halogens is 2. The highest BCUT2D eigenvalue weighted by Crippen LogP contribution is 2.25. The van der Waals surface area contributed by atoms with Crippen molar-refractivity contribution in [3.8, 4) is 0 Å². The summed E-state index contributed by atoms with van der Waals surface area (Å²) in [5.41, 5.74) is 0.816. The molecule has 3 N–H and O–H groups in total. The zero-order valence-corrected chi connectivity index (χ0v) is 14.4. The average molecular weight is 370 g/mol. The van der Waals surface area contributed by atoms with Gasteiger partial charge in [-0.15, -0.1) is 0 Å². The molecule has 0 saturated heterocycles. The van der Waals surface area contributed by atoms with Crippen LogP contribution in [0.2, 0.25) is 10.0 Å². The lowest BCUT2D eigenvalue weighted by atomic mass is 10.1. The number of rotatable bonds is 6. The van der Waals surface area contributed by atoms with E-state index in [4.69, 9.17) is 27.6 Å². The van der Waals surface area contributed by atoms with E-state index in [1.807, 2.05) is 6.92 Å². The van der Waals surface area contributed by atoms with Crippen molar-refractivity contribution in [1.29, 1.82) is 0 Å². The van der Waals surface area contributed by atoms with E-state index in [1.165, 1.54) is 6.26 Å². The molecular weight excluding hydrogens is 353 g/mol. The van der Waals surface area contributed by atoms with Gasteiger partial charge in [0.05, 0.1) is 19.4 Å². The van der Waals surface area contributed by atoms with Crippen molar-refractivity contribution in [3.05, 3.63) is 58.0 Å². The summed E-state index contributed by atoms with van der Waals surface area (Å²) in [6.07, 6.45) is 1.51. The summed E-state index contributed by atoms with van der Waals surface area (Å²) in [7, 11) is 0. The first-order chi connectivity index (χ1) is 11.5. The van der Waals surface area contributed by atoms with Gasteiger partial charge in [0, 0.05) is 16.1 Å². The van der Waals surface area contributed by atoms with E-state index in [1.54, 1.807) is 30.3 Å². The van der Waals surface area contributed by atoms with Crippen LogP contribution in [0.4, 0.5) is 4.79 Å². The van der Waals surface area contributed by atoms with Gasteiger partial charge in [0.2, 0.25) is 5.91 Å². The van der Waals surface area contributed by atoms with Crippen molar-refractivity contribution in [2.45, 2.75) is 19.5 Å². The molecule has 2 aromatic rings. The number of amides is 3. The number of nitrogens with one attached hydrogen (secondary N) is 3. The lowest BCUT2D eigenvalue weighted by molar-refractivity contribution is -0.119. The third kappa shape index (κ3) is 5.56. The standard InChI is InChI=1S/C16H17Cl2N3O3/c1-10(13-5-4-11(17)7-14(13)18)19-9-15(22)21-16(23)20-8-12-3-2-6-24-12/h2-7,10,19H,8-9H2,1H3,(H2,20,21,22,23)/t10-/m0/s1. The number of carbonyl (C=O) groups excluding carboxylic acids is 2. The lowest BCUT2D eigenvalue weighted by Crippen LogP contribution is -2.43. The van der Waals surface area contributed by atoms with Crippen LogP contribution in [0.15, 0.2) is 41.0 Å². The second kappa shape index (κ2) is 8.73. The summed E-state index contributed by atoms with van der Waals surface area (Å²) in [5, 5.41) is 8.80. The summed E-state index contributed by atoms with van der Waals surface area (Å²) in [6.45, 7) is 2.03. The van der Waals surface area contributed by atoms with Crippen molar-refractivity contribution >= 4 is 35.1 Å². The normalized spacial score (nSPS) is 11.8. The van der Waals surface area contributed by atoms with E-state index in [2.05, 4.69) is 16.0 Å². The Hall–Kier alpha value is -2.02. The molecule has 0 unspecified atom stereocenters. The number of urea groups is 1. The molecule has 0 bridgehead atoms. The minimum absolute atomic E-state index is 0.0334. The summed E-state index contributed by atoms with van der Waals surface area (Å²) in [5.74, 6) is 0.144. The highest BCUT2D eigenvalue weighted by atomic mass is 35.5. The molecule has 3 amide bonds. The van der Waals surface area contributed by atoms with Gasteiger partial charge >= 0.3 is 6.03 Å². The highest BCUT2D eigenvalue weighted by Gasteiger charge is 2.13. The van der Waals surface area contributed by atoms with Crippen molar-refractivity contribution in [1.82, 2.24) is 16.0 Å². The number of carbonyl (C=O) groups is 2. The Morgan fingerprint density at radius 2 is 2.04 bits per heavy atom. The lowest BCUT2D eigenvalue weighted by Gasteiger charge is -2.15. The zero-order chi connectivity index (χ0) is 17.5. The van der Waals surface area contributed by atoms with Gasteiger partial charge in [-0.25, -0.2) is 4.79 Å². The van der Waals surface area contributed by atoms with Crippen LogP contribution in [0.25, 0.3) is 0 Å². The molecule has 1 heterocycles. The Bertz CT molecular complexity index is 705. The number of hydrogen-bond acceptors (Lipinski definition) is 4. The molecule has 0 aliphatic rings. The fourth-order valence-electron chi connectivity index (χ4n) is 2.00. The predicted molar refractivity (Wildman–Crippen MR) is 92.0 cm³/mol. The van der Waals surface area contributed by atoms with Gasteiger partial charge in [-0.1, -0.05) is 29.3 Å². The van der Waals surface area contributed by atoms with Gasteiger partial charge in [-0.3, -0.25) is 10.1 Å². The Morgan fingerprint density at radius 3 is 2.71 bits per heavy atom. The maximum absolute atomic E-state index is 11.8. The molecule has 24 heavy (non-hydrogen) atoms. The minimum atomic E-state index is -0.588. The summed E-state index contributed by atoms with van der Waals surface area (Å²) >= 11 is 12.0. The largest absolute Gasteiger partial charge is 0.467 e. The molecule has 0 aliphatic carbocycles. The Kier molecular flexibility index (Phi) is 6.66. The third-order valence-corrected chi connectivity index (χ3v) is 3.82. The molecule has 128 valence electrons. The Labute approximate surface area is 149 Å². The first-order valence-electron chi connectivity index (χ1n) is 7.24. The quantitative estimate of drug-likeness (QED) is 0.729. The van der Waals surface area contributed by atoms with Crippen LogP contribution < -0.4 is 16.0 Å². The third-order valence-electron chi connectivity index (χ3n) is 3.25. The monoisotopic (exact) mass is 369 g/mol. The van der Waals surface area contributed by atoms with Crippen molar-refractivity contribution < 1.29 is 14.0 Å². The smallest absolute Gasteiger partial charge is 0.321 e. The Morgan fingerprint density at radius 1 is 1.25 bits per heavy atom.